The lowest BCUT2D eigenvalue weighted by atomic mass is 9.94. The van der Waals surface area contributed by atoms with Crippen LogP contribution in [0.15, 0.2) is 72.8 Å². The number of anilines is 2. The Morgan fingerprint density at radius 3 is 2.62 bits per heavy atom. The van der Waals surface area contributed by atoms with Crippen LogP contribution in [-0.2, 0) is 9.53 Å². The summed E-state index contributed by atoms with van der Waals surface area (Å²) in [4.78, 5) is 24.2. The Morgan fingerprint density at radius 1 is 1.05 bits per heavy atom. The highest BCUT2D eigenvalue weighted by molar-refractivity contribution is 6.38. The number of ether oxygens (including phenoxy) is 1. The van der Waals surface area contributed by atoms with Gasteiger partial charge in [0, 0.05) is 55.3 Å². The molecule has 6 rings (SSSR count). The third kappa shape index (κ3) is 4.75. The smallest absolute Gasteiger partial charge is 0.257 e. The number of H-pyrrole nitrogens is 1. The Balaban J connectivity index is 1.36. The molecule has 2 aliphatic heterocycles. The summed E-state index contributed by atoms with van der Waals surface area (Å²) in [6.45, 7) is 3.87. The summed E-state index contributed by atoms with van der Waals surface area (Å²) in [5, 5.41) is 6.79. The maximum absolute atomic E-state index is 13.4. The number of hydrogen-bond acceptors (Lipinski definition) is 5. The fourth-order valence-electron chi connectivity index (χ4n) is 5.34. The van der Waals surface area contributed by atoms with Gasteiger partial charge in [-0.15, -0.1) is 0 Å². The van der Waals surface area contributed by atoms with Gasteiger partial charge in [0.15, 0.2) is 0 Å². The number of carbonyl (C=O) groups is 1. The Kier molecular flexibility index (Phi) is 6.47. The predicted octanol–water partition coefficient (Wildman–Crippen LogP) is 5.00. The number of carbonyl (C=O) groups excluding carboxylic acids is 1. The topological polar surface area (TPSA) is 82.3 Å². The van der Waals surface area contributed by atoms with Gasteiger partial charge in [-0.1, -0.05) is 42.5 Å². The lowest BCUT2D eigenvalue weighted by molar-refractivity contribution is -0.110. The number of imidazole rings is 1. The zero-order valence-electron chi connectivity index (χ0n) is 21.0. The van der Waals surface area contributed by atoms with E-state index >= 15 is 0 Å². The van der Waals surface area contributed by atoms with Gasteiger partial charge >= 0.3 is 0 Å². The van der Waals surface area contributed by atoms with Crippen molar-refractivity contribution in [3.8, 4) is 0 Å². The maximum Gasteiger partial charge on any atom is 0.257 e. The van der Waals surface area contributed by atoms with Gasteiger partial charge in [-0.25, -0.2) is 4.98 Å². The van der Waals surface area contributed by atoms with Gasteiger partial charge in [0.1, 0.15) is 5.82 Å². The molecule has 0 radical (unpaired) electrons. The van der Waals surface area contributed by atoms with Crippen LogP contribution in [0.25, 0.3) is 22.2 Å². The largest absolute Gasteiger partial charge is 0.383 e. The van der Waals surface area contributed by atoms with Crippen LogP contribution in [0.3, 0.4) is 0 Å². The SMILES string of the molecule is COCCN1CCC(Nc2ccc3c(c2)/C(=C(\c2ccccc2)c2nc4ccccc4[nH]2)C(=O)N3)CC1. The first kappa shape index (κ1) is 23.5. The molecule has 3 N–H and O–H groups in total. The number of aromatic amines is 1. The molecular formula is C30H31N5O2. The first-order valence-electron chi connectivity index (χ1n) is 12.9. The van der Waals surface area contributed by atoms with Crippen LogP contribution in [0.2, 0.25) is 0 Å². The Bertz CT molecular complexity index is 1420. The molecule has 3 heterocycles. The molecule has 7 nitrogen and oxygen atoms in total. The van der Waals surface area contributed by atoms with Crippen LogP contribution in [-0.4, -0.2) is 60.2 Å². The zero-order valence-corrected chi connectivity index (χ0v) is 21.0. The van der Waals surface area contributed by atoms with E-state index in [9.17, 15) is 4.79 Å². The molecular weight excluding hydrogens is 462 g/mol. The van der Waals surface area contributed by atoms with Crippen LogP contribution in [0.5, 0.6) is 0 Å². The van der Waals surface area contributed by atoms with Crippen molar-refractivity contribution in [1.82, 2.24) is 14.9 Å². The van der Waals surface area contributed by atoms with Gasteiger partial charge < -0.3 is 25.3 Å². The third-order valence-corrected chi connectivity index (χ3v) is 7.27. The van der Waals surface area contributed by atoms with Crippen LogP contribution in [0, 0.1) is 0 Å². The zero-order chi connectivity index (χ0) is 25.2. The second-order valence-electron chi connectivity index (χ2n) is 9.69. The number of hydrogen-bond donors (Lipinski definition) is 3. The number of methoxy groups -OCH3 is 1. The van der Waals surface area contributed by atoms with Gasteiger partial charge in [0.25, 0.3) is 5.91 Å². The molecule has 0 unspecified atom stereocenters. The molecule has 1 amide bonds. The van der Waals surface area contributed by atoms with Gasteiger partial charge in [-0.2, -0.15) is 0 Å². The number of nitrogens with zero attached hydrogens (tertiary/aromatic N) is 2. The highest BCUT2D eigenvalue weighted by Gasteiger charge is 2.30. The molecule has 0 spiro atoms. The average Bonchev–Trinajstić information content (AvgIpc) is 3.50. The summed E-state index contributed by atoms with van der Waals surface area (Å²) in [5.74, 6) is 0.574. The minimum Gasteiger partial charge on any atom is -0.383 e. The monoisotopic (exact) mass is 493 g/mol. The molecule has 1 saturated heterocycles. The Labute approximate surface area is 216 Å². The highest BCUT2D eigenvalue weighted by Crippen LogP contribution is 2.41. The van der Waals surface area contributed by atoms with Crippen LogP contribution in [0.4, 0.5) is 11.4 Å². The van der Waals surface area contributed by atoms with Crippen molar-refractivity contribution in [2.75, 3.05) is 44.0 Å². The molecule has 188 valence electrons. The second-order valence-corrected chi connectivity index (χ2v) is 9.69. The predicted molar refractivity (Wildman–Crippen MR) is 148 cm³/mol. The van der Waals surface area contributed by atoms with Crippen LogP contribution in [0.1, 0.15) is 29.8 Å². The summed E-state index contributed by atoms with van der Waals surface area (Å²) < 4.78 is 5.23. The van der Waals surface area contributed by atoms with Crippen molar-refractivity contribution in [3.05, 3.63) is 89.7 Å². The van der Waals surface area contributed by atoms with Gasteiger partial charge in [0.2, 0.25) is 0 Å². The average molecular weight is 494 g/mol. The number of likely N-dealkylation sites (tertiary alicyclic amines) is 1. The van der Waals surface area contributed by atoms with Gasteiger partial charge in [-0.05, 0) is 48.7 Å². The summed E-state index contributed by atoms with van der Waals surface area (Å²) >= 11 is 0. The van der Waals surface area contributed by atoms with E-state index in [1.165, 1.54) is 0 Å². The molecule has 2 aliphatic rings. The number of piperidine rings is 1. The molecule has 1 fully saturated rings. The van der Waals surface area contributed by atoms with Gasteiger partial charge in [0.05, 0.1) is 23.2 Å². The summed E-state index contributed by atoms with van der Waals surface area (Å²) in [5.41, 5.74) is 6.95. The van der Waals surface area contributed by atoms with Crippen molar-refractivity contribution in [1.29, 1.82) is 0 Å². The van der Waals surface area contributed by atoms with Crippen molar-refractivity contribution in [3.63, 3.8) is 0 Å². The van der Waals surface area contributed by atoms with E-state index in [2.05, 4.69) is 32.7 Å². The van der Waals surface area contributed by atoms with E-state index in [1.54, 1.807) is 7.11 Å². The molecule has 4 aromatic rings. The van der Waals surface area contributed by atoms with Gasteiger partial charge in [-0.3, -0.25) is 4.79 Å². The Hall–Kier alpha value is -3.94. The summed E-state index contributed by atoms with van der Waals surface area (Å²) in [7, 11) is 1.75. The van der Waals surface area contributed by atoms with E-state index in [1.807, 2.05) is 60.7 Å². The van der Waals surface area contributed by atoms with E-state index in [-0.39, 0.29) is 5.91 Å². The van der Waals surface area contributed by atoms with Crippen molar-refractivity contribution in [2.24, 2.45) is 0 Å². The first-order valence-corrected chi connectivity index (χ1v) is 12.9. The maximum atomic E-state index is 13.4. The number of amides is 1. The lowest BCUT2D eigenvalue weighted by Gasteiger charge is -2.32. The number of para-hydroxylation sites is 2. The number of fused-ring (bicyclic) bond motifs is 2. The minimum absolute atomic E-state index is 0.113. The molecule has 0 saturated carbocycles. The van der Waals surface area contributed by atoms with Crippen molar-refractivity contribution < 1.29 is 9.53 Å². The summed E-state index contributed by atoms with van der Waals surface area (Å²) in [6.07, 6.45) is 2.16. The molecule has 0 aliphatic carbocycles. The number of aromatic nitrogens is 2. The number of rotatable bonds is 7. The molecule has 7 heteroatoms. The highest BCUT2D eigenvalue weighted by atomic mass is 16.5. The van der Waals surface area contributed by atoms with Crippen LogP contribution < -0.4 is 10.6 Å². The van der Waals surface area contributed by atoms with E-state index in [4.69, 9.17) is 9.72 Å². The van der Waals surface area contributed by atoms with Crippen molar-refractivity contribution in [2.45, 2.75) is 18.9 Å². The molecule has 1 aromatic heterocycles. The van der Waals surface area contributed by atoms with E-state index in [0.29, 0.717) is 17.4 Å². The fourth-order valence-corrected chi connectivity index (χ4v) is 5.34. The Morgan fingerprint density at radius 2 is 1.84 bits per heavy atom. The molecule has 0 bridgehead atoms. The van der Waals surface area contributed by atoms with E-state index in [0.717, 1.165) is 78.2 Å². The number of benzene rings is 3. The van der Waals surface area contributed by atoms with Crippen molar-refractivity contribution >= 4 is 39.5 Å². The molecule has 3 aromatic carbocycles. The quantitative estimate of drug-likeness (QED) is 0.316. The first-order chi connectivity index (χ1) is 18.2. The second kappa shape index (κ2) is 10.2. The fraction of sp³-hybridized carbons (Fsp3) is 0.267. The van der Waals surface area contributed by atoms with E-state index < -0.39 is 0 Å². The lowest BCUT2D eigenvalue weighted by Crippen LogP contribution is -2.40. The molecule has 37 heavy (non-hydrogen) atoms. The minimum atomic E-state index is -0.113. The van der Waals surface area contributed by atoms with Crippen LogP contribution >= 0.6 is 0 Å². The normalized spacial score (nSPS) is 17.6. The third-order valence-electron chi connectivity index (χ3n) is 7.27. The standard InChI is InChI=1S/C30H31N5O2/c1-37-18-17-35-15-13-21(14-16-35)31-22-11-12-24-23(19-22)28(30(36)34-24)27(20-7-3-2-4-8-20)29-32-25-9-5-6-10-26(25)33-29/h2-12,19,21,31H,13-18H2,1H3,(H,32,33)(H,34,36)/b28-27-. The number of nitrogens with one attached hydrogen (secondary N) is 3. The summed E-state index contributed by atoms with van der Waals surface area (Å²) in [6, 6.07) is 24.5. The molecule has 0 atom stereocenters.